The molecular weight excluding hydrogens is 365 g/mol. The number of rotatable bonds is 6. The summed E-state index contributed by atoms with van der Waals surface area (Å²) >= 11 is 1.83. The molecule has 1 unspecified atom stereocenters. The van der Waals surface area contributed by atoms with Crippen LogP contribution in [0.25, 0.3) is 0 Å². The second kappa shape index (κ2) is 7.42. The maximum atomic E-state index is 5.02. The number of halogens is 1. The molecule has 1 atom stereocenters. The Bertz CT molecular complexity index is 528. The van der Waals surface area contributed by atoms with Crippen LogP contribution in [0.15, 0.2) is 36.7 Å². The molecule has 0 fully saturated rings. The van der Waals surface area contributed by atoms with E-state index in [1.807, 2.05) is 54.5 Å². The minimum Gasteiger partial charge on any atom is -0.408 e. The summed E-state index contributed by atoms with van der Waals surface area (Å²) in [6.07, 6.45) is 5.75. The molecule has 1 N–H and O–H groups in total. The van der Waals surface area contributed by atoms with Gasteiger partial charge in [-0.1, -0.05) is 12.1 Å². The lowest BCUT2D eigenvalue weighted by molar-refractivity contribution is 0.672. The standard InChI is InChI=1S/C15H18IN3O/c1-11-3-7-14(17-9-11)19-12(2)4-5-13-6-8-15(20-16)18-10-13/h3,6-10,12H,4-5H2,1-2H3,(H,17,19). The molecule has 2 rings (SSSR count). The largest absolute Gasteiger partial charge is 0.408 e. The van der Waals surface area contributed by atoms with E-state index in [0.29, 0.717) is 11.9 Å². The first kappa shape index (κ1) is 15.0. The first-order chi connectivity index (χ1) is 9.67. The van der Waals surface area contributed by atoms with Crippen molar-refractivity contribution in [2.75, 3.05) is 5.32 Å². The van der Waals surface area contributed by atoms with E-state index in [9.17, 15) is 0 Å². The summed E-state index contributed by atoms with van der Waals surface area (Å²) in [5, 5.41) is 3.40. The lowest BCUT2D eigenvalue weighted by atomic mass is 10.1. The highest BCUT2D eigenvalue weighted by Crippen LogP contribution is 2.13. The molecule has 0 aliphatic carbocycles. The van der Waals surface area contributed by atoms with Gasteiger partial charge in [-0.15, -0.1) is 0 Å². The molecule has 0 bridgehead atoms. The molecule has 0 aliphatic heterocycles. The molecule has 4 nitrogen and oxygen atoms in total. The number of nitrogens with zero attached hydrogens (tertiary/aromatic N) is 2. The minimum absolute atomic E-state index is 0.366. The van der Waals surface area contributed by atoms with E-state index < -0.39 is 0 Å². The number of hydrogen-bond donors (Lipinski definition) is 1. The molecule has 2 aromatic rings. The molecule has 0 spiro atoms. The Morgan fingerprint density at radius 1 is 1.20 bits per heavy atom. The SMILES string of the molecule is Cc1ccc(NC(C)CCc2ccc(OI)nc2)nc1. The van der Waals surface area contributed by atoms with Gasteiger partial charge < -0.3 is 8.38 Å². The van der Waals surface area contributed by atoms with Gasteiger partial charge in [-0.05, 0) is 43.9 Å². The van der Waals surface area contributed by atoms with Crippen LogP contribution < -0.4 is 8.38 Å². The Labute approximate surface area is 133 Å². The fraction of sp³-hybridized carbons (Fsp3) is 0.333. The third kappa shape index (κ3) is 4.63. The maximum Gasteiger partial charge on any atom is 0.224 e. The summed E-state index contributed by atoms with van der Waals surface area (Å²) in [6, 6.07) is 8.39. The van der Waals surface area contributed by atoms with Crippen molar-refractivity contribution in [1.29, 1.82) is 0 Å². The van der Waals surface area contributed by atoms with Crippen molar-refractivity contribution >= 4 is 28.8 Å². The Kier molecular flexibility index (Phi) is 5.58. The van der Waals surface area contributed by atoms with Gasteiger partial charge in [-0.3, -0.25) is 0 Å². The lowest BCUT2D eigenvalue weighted by Gasteiger charge is -2.14. The normalized spacial score (nSPS) is 11.9. The van der Waals surface area contributed by atoms with Gasteiger partial charge >= 0.3 is 0 Å². The summed E-state index contributed by atoms with van der Waals surface area (Å²) in [7, 11) is 0. The van der Waals surface area contributed by atoms with E-state index in [1.54, 1.807) is 0 Å². The number of aromatic nitrogens is 2. The van der Waals surface area contributed by atoms with Gasteiger partial charge in [0, 0.05) is 24.5 Å². The monoisotopic (exact) mass is 383 g/mol. The summed E-state index contributed by atoms with van der Waals surface area (Å²) in [6.45, 7) is 4.20. The summed E-state index contributed by atoms with van der Waals surface area (Å²) in [5.74, 6) is 1.57. The highest BCUT2D eigenvalue weighted by molar-refractivity contribution is 14.1. The van der Waals surface area contributed by atoms with Gasteiger partial charge in [0.15, 0.2) is 23.0 Å². The molecule has 2 aromatic heterocycles. The van der Waals surface area contributed by atoms with Crippen LogP contribution in [0.4, 0.5) is 5.82 Å². The van der Waals surface area contributed by atoms with Crippen LogP contribution in [-0.2, 0) is 6.42 Å². The van der Waals surface area contributed by atoms with Crippen LogP contribution in [0.2, 0.25) is 0 Å². The van der Waals surface area contributed by atoms with Crippen LogP contribution >= 0.6 is 23.0 Å². The van der Waals surface area contributed by atoms with Crippen LogP contribution in [0.3, 0.4) is 0 Å². The molecule has 0 saturated heterocycles. The second-order valence-corrected chi connectivity index (χ2v) is 5.33. The zero-order valence-electron chi connectivity index (χ0n) is 11.6. The van der Waals surface area contributed by atoms with Gasteiger partial charge in [-0.2, -0.15) is 0 Å². The molecular formula is C15H18IN3O. The average Bonchev–Trinajstić information content (AvgIpc) is 2.48. The van der Waals surface area contributed by atoms with Crippen molar-refractivity contribution in [2.24, 2.45) is 0 Å². The van der Waals surface area contributed by atoms with Crippen molar-refractivity contribution in [3.8, 4) is 5.88 Å². The van der Waals surface area contributed by atoms with Crippen molar-refractivity contribution in [3.63, 3.8) is 0 Å². The van der Waals surface area contributed by atoms with Gasteiger partial charge in [0.05, 0.1) is 0 Å². The quantitative estimate of drug-likeness (QED) is 0.768. The highest BCUT2D eigenvalue weighted by Gasteiger charge is 2.04. The van der Waals surface area contributed by atoms with Crippen LogP contribution in [0, 0.1) is 6.92 Å². The molecule has 0 aromatic carbocycles. The summed E-state index contributed by atoms with van der Waals surface area (Å²) in [5.41, 5.74) is 2.39. The van der Waals surface area contributed by atoms with Crippen molar-refractivity contribution < 1.29 is 3.07 Å². The van der Waals surface area contributed by atoms with E-state index in [2.05, 4.69) is 34.3 Å². The van der Waals surface area contributed by atoms with Gasteiger partial charge in [0.2, 0.25) is 5.88 Å². The molecule has 2 heterocycles. The average molecular weight is 383 g/mol. The fourth-order valence-corrected chi connectivity index (χ4v) is 2.13. The van der Waals surface area contributed by atoms with E-state index in [-0.39, 0.29) is 0 Å². The Morgan fingerprint density at radius 3 is 2.65 bits per heavy atom. The van der Waals surface area contributed by atoms with Crippen molar-refractivity contribution in [3.05, 3.63) is 47.8 Å². The molecule has 0 aliphatic rings. The van der Waals surface area contributed by atoms with E-state index in [0.717, 1.165) is 18.7 Å². The molecule has 20 heavy (non-hydrogen) atoms. The second-order valence-electron chi connectivity index (χ2n) is 4.89. The fourth-order valence-electron chi connectivity index (χ4n) is 1.87. The predicted octanol–water partition coefficient (Wildman–Crippen LogP) is 3.95. The Morgan fingerprint density at radius 2 is 2.05 bits per heavy atom. The number of pyridine rings is 2. The van der Waals surface area contributed by atoms with Gasteiger partial charge in [0.25, 0.3) is 0 Å². The number of aryl methyl sites for hydroxylation is 2. The smallest absolute Gasteiger partial charge is 0.224 e. The van der Waals surface area contributed by atoms with Gasteiger partial charge in [0.1, 0.15) is 5.82 Å². The first-order valence-corrected chi connectivity index (χ1v) is 7.48. The maximum absolute atomic E-state index is 5.02. The third-order valence-corrected chi connectivity index (χ3v) is 3.50. The Balaban J connectivity index is 1.82. The lowest BCUT2D eigenvalue weighted by Crippen LogP contribution is -2.16. The highest BCUT2D eigenvalue weighted by atomic mass is 127. The van der Waals surface area contributed by atoms with Gasteiger partial charge in [-0.25, -0.2) is 9.97 Å². The first-order valence-electron chi connectivity index (χ1n) is 6.60. The van der Waals surface area contributed by atoms with Crippen molar-refractivity contribution in [2.45, 2.75) is 32.7 Å². The van der Waals surface area contributed by atoms with Crippen LogP contribution in [0.5, 0.6) is 5.88 Å². The molecule has 0 amide bonds. The molecule has 0 radical (unpaired) electrons. The minimum atomic E-state index is 0.366. The zero-order chi connectivity index (χ0) is 14.4. The number of anilines is 1. The van der Waals surface area contributed by atoms with Crippen molar-refractivity contribution in [1.82, 2.24) is 9.97 Å². The number of nitrogens with one attached hydrogen (secondary N) is 1. The van der Waals surface area contributed by atoms with E-state index in [1.165, 1.54) is 11.1 Å². The molecule has 5 heteroatoms. The summed E-state index contributed by atoms with van der Waals surface area (Å²) in [4.78, 5) is 8.56. The van der Waals surface area contributed by atoms with E-state index in [4.69, 9.17) is 3.07 Å². The third-order valence-electron chi connectivity index (χ3n) is 3.05. The van der Waals surface area contributed by atoms with Crippen LogP contribution in [0.1, 0.15) is 24.5 Å². The molecule has 0 saturated carbocycles. The molecule has 106 valence electrons. The zero-order valence-corrected chi connectivity index (χ0v) is 13.8. The predicted molar refractivity (Wildman–Crippen MR) is 89.3 cm³/mol. The summed E-state index contributed by atoms with van der Waals surface area (Å²) < 4.78 is 5.02. The van der Waals surface area contributed by atoms with E-state index >= 15 is 0 Å². The topological polar surface area (TPSA) is 47.0 Å². The number of hydrogen-bond acceptors (Lipinski definition) is 4. The Hall–Kier alpha value is -1.37. The van der Waals surface area contributed by atoms with Crippen LogP contribution in [-0.4, -0.2) is 16.0 Å².